The molecule has 2 fully saturated rings. The lowest BCUT2D eigenvalue weighted by Crippen LogP contribution is -2.44. The molecule has 1 aromatic carbocycles. The number of hydrogen-bond acceptors (Lipinski definition) is 5. The van der Waals surface area contributed by atoms with E-state index in [9.17, 15) is 4.79 Å². The number of benzene rings is 1. The molecule has 0 radical (unpaired) electrons. The van der Waals surface area contributed by atoms with Crippen LogP contribution in [0.4, 0.5) is 11.4 Å². The van der Waals surface area contributed by atoms with Crippen molar-refractivity contribution in [3.05, 3.63) is 23.8 Å². The van der Waals surface area contributed by atoms with Crippen molar-refractivity contribution in [1.82, 2.24) is 4.90 Å². The first kappa shape index (κ1) is 16.6. The van der Waals surface area contributed by atoms with E-state index in [4.69, 9.17) is 16.3 Å². The summed E-state index contributed by atoms with van der Waals surface area (Å²) in [6.07, 6.45) is 1.91. The van der Waals surface area contributed by atoms with Crippen LogP contribution in [0.5, 0.6) is 0 Å². The lowest BCUT2D eigenvalue weighted by Gasteiger charge is -2.34. The molecule has 6 heteroatoms. The summed E-state index contributed by atoms with van der Waals surface area (Å²) in [6.45, 7) is 5.64. The zero-order valence-electron chi connectivity index (χ0n) is 13.6. The van der Waals surface area contributed by atoms with Crippen LogP contribution in [-0.4, -0.2) is 62.6 Å². The number of anilines is 2. The van der Waals surface area contributed by atoms with Gasteiger partial charge in [0.05, 0.1) is 5.56 Å². The highest BCUT2D eigenvalue weighted by molar-refractivity contribution is 6.68. The first-order valence-corrected chi connectivity index (χ1v) is 8.63. The number of nitrogens with one attached hydrogen (secondary N) is 1. The number of halogens is 1. The second-order valence-corrected chi connectivity index (χ2v) is 6.67. The maximum Gasteiger partial charge on any atom is 0.254 e. The topological polar surface area (TPSA) is 44.8 Å². The average Bonchev–Trinajstić information content (AvgIpc) is 2.56. The lowest BCUT2D eigenvalue weighted by atomic mass is 10.1. The number of nitrogens with zero attached hydrogens (tertiary/aromatic N) is 2. The van der Waals surface area contributed by atoms with Crippen molar-refractivity contribution in [1.29, 1.82) is 0 Å². The molecule has 0 saturated carbocycles. The van der Waals surface area contributed by atoms with Crippen LogP contribution in [0.1, 0.15) is 23.2 Å². The van der Waals surface area contributed by atoms with E-state index in [1.807, 2.05) is 12.1 Å². The van der Waals surface area contributed by atoms with Gasteiger partial charge in [0.15, 0.2) is 0 Å². The molecular formula is C17H24ClN3O2. The number of ether oxygens (including phenoxy) is 1. The van der Waals surface area contributed by atoms with Gasteiger partial charge in [-0.15, -0.1) is 0 Å². The third-order valence-electron chi connectivity index (χ3n) is 4.66. The first-order valence-electron chi connectivity index (χ1n) is 8.25. The predicted octanol–water partition coefficient (Wildman–Crippen LogP) is 2.41. The minimum Gasteiger partial charge on any atom is -0.381 e. The summed E-state index contributed by atoms with van der Waals surface area (Å²) in [7, 11) is 2.14. The Kier molecular flexibility index (Phi) is 5.41. The molecule has 2 aliphatic rings. The van der Waals surface area contributed by atoms with Gasteiger partial charge in [0, 0.05) is 56.8 Å². The molecule has 126 valence electrons. The van der Waals surface area contributed by atoms with Gasteiger partial charge in [-0.2, -0.15) is 0 Å². The molecule has 1 N–H and O–H groups in total. The minimum atomic E-state index is -0.413. The number of rotatable bonds is 4. The van der Waals surface area contributed by atoms with E-state index in [0.29, 0.717) is 11.6 Å². The molecule has 5 nitrogen and oxygen atoms in total. The van der Waals surface area contributed by atoms with Crippen molar-refractivity contribution in [2.75, 3.05) is 56.7 Å². The Morgan fingerprint density at radius 1 is 1.22 bits per heavy atom. The molecule has 0 aliphatic carbocycles. The summed E-state index contributed by atoms with van der Waals surface area (Å²) in [4.78, 5) is 16.4. The summed E-state index contributed by atoms with van der Waals surface area (Å²) >= 11 is 5.76. The van der Waals surface area contributed by atoms with Crippen molar-refractivity contribution in [3.8, 4) is 0 Å². The molecule has 3 rings (SSSR count). The maximum absolute atomic E-state index is 11.7. The van der Waals surface area contributed by atoms with Gasteiger partial charge in [0.2, 0.25) is 0 Å². The van der Waals surface area contributed by atoms with Crippen molar-refractivity contribution >= 4 is 28.2 Å². The summed E-state index contributed by atoms with van der Waals surface area (Å²) < 4.78 is 5.40. The molecule has 0 bridgehead atoms. The van der Waals surface area contributed by atoms with Crippen LogP contribution in [0.3, 0.4) is 0 Å². The fourth-order valence-electron chi connectivity index (χ4n) is 3.15. The Hall–Kier alpha value is -1.30. The van der Waals surface area contributed by atoms with Crippen LogP contribution < -0.4 is 10.2 Å². The third kappa shape index (κ3) is 4.16. The Morgan fingerprint density at radius 2 is 1.91 bits per heavy atom. The molecule has 2 heterocycles. The number of likely N-dealkylation sites (N-methyl/N-ethyl adjacent to an activating group) is 1. The van der Waals surface area contributed by atoms with E-state index in [-0.39, 0.29) is 0 Å². The number of carbonyl (C=O) groups excluding carboxylic acids is 1. The van der Waals surface area contributed by atoms with Gasteiger partial charge in [-0.1, -0.05) is 0 Å². The van der Waals surface area contributed by atoms with E-state index < -0.39 is 5.24 Å². The molecule has 2 aliphatic heterocycles. The Bertz CT molecular complexity index is 553. The van der Waals surface area contributed by atoms with E-state index >= 15 is 0 Å². The molecular weight excluding hydrogens is 314 g/mol. The zero-order chi connectivity index (χ0) is 16.2. The fraction of sp³-hybridized carbons (Fsp3) is 0.588. The highest BCUT2D eigenvalue weighted by atomic mass is 35.5. The molecule has 0 atom stereocenters. The van der Waals surface area contributed by atoms with Gasteiger partial charge in [0.1, 0.15) is 0 Å². The number of carbonyl (C=O) groups is 1. The van der Waals surface area contributed by atoms with Crippen molar-refractivity contribution in [2.45, 2.75) is 18.9 Å². The highest BCUT2D eigenvalue weighted by Crippen LogP contribution is 2.27. The summed E-state index contributed by atoms with van der Waals surface area (Å²) in [5, 5.41) is 3.08. The number of piperazine rings is 1. The molecule has 23 heavy (non-hydrogen) atoms. The summed E-state index contributed by atoms with van der Waals surface area (Å²) in [6, 6.07) is 6.23. The molecule has 0 amide bonds. The molecule has 0 spiro atoms. The van der Waals surface area contributed by atoms with Gasteiger partial charge in [-0.05, 0) is 49.7 Å². The summed E-state index contributed by atoms with van der Waals surface area (Å²) in [5.41, 5.74) is 2.54. The van der Waals surface area contributed by atoms with Crippen LogP contribution in [-0.2, 0) is 4.74 Å². The normalized spacial score (nSPS) is 20.5. The quantitative estimate of drug-likeness (QED) is 0.855. The van der Waals surface area contributed by atoms with Gasteiger partial charge >= 0.3 is 0 Å². The highest BCUT2D eigenvalue weighted by Gasteiger charge is 2.20. The van der Waals surface area contributed by atoms with E-state index in [0.717, 1.165) is 63.6 Å². The molecule has 1 aromatic rings. The third-order valence-corrected chi connectivity index (χ3v) is 4.87. The van der Waals surface area contributed by atoms with Gasteiger partial charge in [-0.3, -0.25) is 4.79 Å². The summed E-state index contributed by atoms with van der Waals surface area (Å²) in [5.74, 6) is 0. The first-order chi connectivity index (χ1) is 11.1. The largest absolute Gasteiger partial charge is 0.381 e. The van der Waals surface area contributed by atoms with Crippen molar-refractivity contribution < 1.29 is 9.53 Å². The average molecular weight is 338 g/mol. The molecule has 0 unspecified atom stereocenters. The van der Waals surface area contributed by atoms with Crippen LogP contribution in [0.15, 0.2) is 18.2 Å². The van der Waals surface area contributed by atoms with Crippen LogP contribution >= 0.6 is 11.6 Å². The second-order valence-electron chi connectivity index (χ2n) is 6.32. The van der Waals surface area contributed by atoms with E-state index in [2.05, 4.69) is 28.2 Å². The molecule has 2 saturated heterocycles. The van der Waals surface area contributed by atoms with Crippen LogP contribution in [0.2, 0.25) is 0 Å². The van der Waals surface area contributed by atoms with E-state index in [1.165, 1.54) is 0 Å². The minimum absolute atomic E-state index is 0.334. The maximum atomic E-state index is 11.7. The van der Waals surface area contributed by atoms with Gasteiger partial charge < -0.3 is 19.9 Å². The van der Waals surface area contributed by atoms with Crippen molar-refractivity contribution in [2.24, 2.45) is 0 Å². The Morgan fingerprint density at radius 3 is 2.57 bits per heavy atom. The standard InChI is InChI=1S/C17H24ClN3O2/c1-20-6-8-21(9-7-20)14-2-3-15(17(18)22)16(12-14)19-13-4-10-23-11-5-13/h2-3,12-13,19H,4-11H2,1H3. The Balaban J connectivity index is 1.79. The lowest BCUT2D eigenvalue weighted by molar-refractivity contribution is 0.0904. The van der Waals surface area contributed by atoms with Crippen molar-refractivity contribution in [3.63, 3.8) is 0 Å². The predicted molar refractivity (Wildman–Crippen MR) is 93.8 cm³/mol. The zero-order valence-corrected chi connectivity index (χ0v) is 14.3. The monoisotopic (exact) mass is 337 g/mol. The SMILES string of the molecule is CN1CCN(c2ccc(C(=O)Cl)c(NC3CCOCC3)c2)CC1. The van der Waals surface area contributed by atoms with E-state index in [1.54, 1.807) is 0 Å². The van der Waals surface area contributed by atoms with Crippen LogP contribution in [0, 0.1) is 0 Å². The number of hydrogen-bond donors (Lipinski definition) is 1. The smallest absolute Gasteiger partial charge is 0.254 e. The van der Waals surface area contributed by atoms with Crippen LogP contribution in [0.25, 0.3) is 0 Å². The second kappa shape index (κ2) is 7.51. The Labute approximate surface area is 142 Å². The molecule has 0 aromatic heterocycles. The fourth-order valence-corrected chi connectivity index (χ4v) is 3.31. The van der Waals surface area contributed by atoms with Gasteiger partial charge in [-0.25, -0.2) is 0 Å². The van der Waals surface area contributed by atoms with Gasteiger partial charge in [0.25, 0.3) is 5.24 Å².